The van der Waals surface area contributed by atoms with E-state index in [9.17, 15) is 8.42 Å². The molecule has 0 aliphatic heterocycles. The summed E-state index contributed by atoms with van der Waals surface area (Å²) in [6, 6.07) is 0. The van der Waals surface area contributed by atoms with Gasteiger partial charge in [0.25, 0.3) is 0 Å². The molecule has 0 aromatic heterocycles. The van der Waals surface area contributed by atoms with E-state index in [4.69, 9.17) is 5.73 Å². The van der Waals surface area contributed by atoms with Crippen LogP contribution in [-0.2, 0) is 9.84 Å². The van der Waals surface area contributed by atoms with E-state index in [1.54, 1.807) is 0 Å². The van der Waals surface area contributed by atoms with Crippen molar-refractivity contribution in [3.63, 3.8) is 0 Å². The van der Waals surface area contributed by atoms with Gasteiger partial charge in [0.1, 0.15) is 0 Å². The molecule has 0 amide bonds. The van der Waals surface area contributed by atoms with Crippen LogP contribution in [0.4, 0.5) is 0 Å². The molecule has 0 aliphatic rings. The highest BCUT2D eigenvalue weighted by Gasteiger charge is 2.20. The molecule has 0 rings (SSSR count). The first kappa shape index (κ1) is 10.9. The molecule has 0 fully saturated rings. The summed E-state index contributed by atoms with van der Waals surface area (Å²) in [6.45, 7) is 3.96. The molecule has 0 aromatic carbocycles. The zero-order valence-electron chi connectivity index (χ0n) is 7.21. The zero-order valence-corrected chi connectivity index (χ0v) is 8.02. The monoisotopic (exact) mass is 179 g/mol. The minimum Gasteiger partial charge on any atom is -0.329 e. The fourth-order valence-electron chi connectivity index (χ4n) is 1.02. The maximum Gasteiger partial charge on any atom is 0.154 e. The number of hydrogen-bond acceptors (Lipinski definition) is 3. The van der Waals surface area contributed by atoms with Gasteiger partial charge < -0.3 is 5.73 Å². The van der Waals surface area contributed by atoms with E-state index in [1.165, 1.54) is 0 Å². The standard InChI is InChI=1S/C7H17NO2S/c1-3-5-11(9,10)7(4-2)6-8/h7H,3-6,8H2,1-2H3. The van der Waals surface area contributed by atoms with E-state index in [2.05, 4.69) is 0 Å². The van der Waals surface area contributed by atoms with Crippen molar-refractivity contribution >= 4 is 9.84 Å². The van der Waals surface area contributed by atoms with Crippen molar-refractivity contribution in [2.45, 2.75) is 31.9 Å². The van der Waals surface area contributed by atoms with E-state index in [-0.39, 0.29) is 17.5 Å². The predicted molar refractivity (Wildman–Crippen MR) is 47.2 cm³/mol. The van der Waals surface area contributed by atoms with Crippen LogP contribution in [0.25, 0.3) is 0 Å². The normalized spacial score (nSPS) is 14.8. The van der Waals surface area contributed by atoms with Crippen molar-refractivity contribution in [3.05, 3.63) is 0 Å². The number of sulfone groups is 1. The Morgan fingerprint density at radius 3 is 2.18 bits per heavy atom. The molecule has 0 spiro atoms. The molecule has 1 unspecified atom stereocenters. The van der Waals surface area contributed by atoms with E-state index >= 15 is 0 Å². The third kappa shape index (κ3) is 3.20. The van der Waals surface area contributed by atoms with Gasteiger partial charge in [-0.25, -0.2) is 8.42 Å². The summed E-state index contributed by atoms with van der Waals surface area (Å²) in [5.74, 6) is 0.267. The second-order valence-electron chi connectivity index (χ2n) is 2.63. The Kier molecular flexibility index (Phi) is 4.68. The summed E-state index contributed by atoms with van der Waals surface area (Å²) in [5, 5.41) is -0.331. The number of rotatable bonds is 5. The molecular weight excluding hydrogens is 162 g/mol. The van der Waals surface area contributed by atoms with Crippen LogP contribution >= 0.6 is 0 Å². The molecule has 3 nitrogen and oxygen atoms in total. The molecule has 2 N–H and O–H groups in total. The van der Waals surface area contributed by atoms with Gasteiger partial charge in [0.2, 0.25) is 0 Å². The van der Waals surface area contributed by atoms with Crippen molar-refractivity contribution in [1.82, 2.24) is 0 Å². The van der Waals surface area contributed by atoms with Crippen LogP contribution in [0.3, 0.4) is 0 Å². The lowest BCUT2D eigenvalue weighted by molar-refractivity contribution is 0.574. The second kappa shape index (κ2) is 4.72. The molecule has 1 atom stereocenters. The van der Waals surface area contributed by atoms with Crippen molar-refractivity contribution in [1.29, 1.82) is 0 Å². The van der Waals surface area contributed by atoms with E-state index in [1.807, 2.05) is 13.8 Å². The molecule has 11 heavy (non-hydrogen) atoms. The van der Waals surface area contributed by atoms with Crippen LogP contribution in [0.5, 0.6) is 0 Å². The summed E-state index contributed by atoms with van der Waals surface area (Å²) in [6.07, 6.45) is 1.30. The summed E-state index contributed by atoms with van der Waals surface area (Å²) in [7, 11) is -2.90. The average Bonchev–Trinajstić information content (AvgIpc) is 1.89. The van der Waals surface area contributed by atoms with Gasteiger partial charge in [0, 0.05) is 6.54 Å². The van der Waals surface area contributed by atoms with Crippen molar-refractivity contribution in [3.8, 4) is 0 Å². The largest absolute Gasteiger partial charge is 0.329 e. The number of hydrogen-bond donors (Lipinski definition) is 1. The predicted octanol–water partition coefficient (Wildman–Crippen LogP) is 0.549. The highest BCUT2D eigenvalue weighted by Crippen LogP contribution is 2.06. The molecule has 0 radical (unpaired) electrons. The lowest BCUT2D eigenvalue weighted by Crippen LogP contribution is -2.30. The highest BCUT2D eigenvalue weighted by atomic mass is 32.2. The lowest BCUT2D eigenvalue weighted by atomic mass is 10.3. The fourth-order valence-corrected chi connectivity index (χ4v) is 2.72. The Labute approximate surface area is 68.9 Å². The minimum atomic E-state index is -2.90. The Balaban J connectivity index is 4.26. The molecule has 0 heterocycles. The first-order valence-electron chi connectivity index (χ1n) is 4.00. The zero-order chi connectivity index (χ0) is 8.91. The van der Waals surface area contributed by atoms with Crippen molar-refractivity contribution in [2.75, 3.05) is 12.3 Å². The van der Waals surface area contributed by atoms with Crippen molar-refractivity contribution < 1.29 is 8.42 Å². The van der Waals surface area contributed by atoms with Crippen LogP contribution in [0.2, 0.25) is 0 Å². The Bertz CT molecular complexity index is 183. The SMILES string of the molecule is CCCS(=O)(=O)C(CC)CN. The van der Waals surface area contributed by atoms with Gasteiger partial charge in [-0.2, -0.15) is 0 Å². The van der Waals surface area contributed by atoms with Crippen LogP contribution in [0.15, 0.2) is 0 Å². The second-order valence-corrected chi connectivity index (χ2v) is 5.03. The molecule has 0 bridgehead atoms. The van der Waals surface area contributed by atoms with Gasteiger partial charge in [0.15, 0.2) is 9.84 Å². The van der Waals surface area contributed by atoms with E-state index < -0.39 is 9.84 Å². The molecule has 4 heteroatoms. The van der Waals surface area contributed by atoms with Gasteiger partial charge in [-0.1, -0.05) is 13.8 Å². The Morgan fingerprint density at radius 2 is 1.91 bits per heavy atom. The fraction of sp³-hybridized carbons (Fsp3) is 1.00. The Hall–Kier alpha value is -0.0900. The first-order valence-corrected chi connectivity index (χ1v) is 5.71. The summed E-state index contributed by atoms with van der Waals surface area (Å²) < 4.78 is 22.6. The minimum absolute atomic E-state index is 0.249. The Morgan fingerprint density at radius 1 is 1.36 bits per heavy atom. The van der Waals surface area contributed by atoms with Crippen LogP contribution < -0.4 is 5.73 Å². The van der Waals surface area contributed by atoms with Gasteiger partial charge in [-0.05, 0) is 12.8 Å². The topological polar surface area (TPSA) is 60.2 Å². The maximum atomic E-state index is 11.3. The first-order chi connectivity index (χ1) is 5.08. The third-order valence-electron chi connectivity index (χ3n) is 1.71. The molecule has 68 valence electrons. The van der Waals surface area contributed by atoms with Gasteiger partial charge in [0.05, 0.1) is 11.0 Å². The molecular formula is C7H17NO2S. The molecule has 0 aromatic rings. The summed E-state index contributed by atoms with van der Waals surface area (Å²) >= 11 is 0. The van der Waals surface area contributed by atoms with Gasteiger partial charge in [-0.3, -0.25) is 0 Å². The van der Waals surface area contributed by atoms with Gasteiger partial charge >= 0.3 is 0 Å². The molecule has 0 saturated heterocycles. The smallest absolute Gasteiger partial charge is 0.154 e. The van der Waals surface area contributed by atoms with E-state index in [0.29, 0.717) is 12.8 Å². The van der Waals surface area contributed by atoms with Gasteiger partial charge in [-0.15, -0.1) is 0 Å². The highest BCUT2D eigenvalue weighted by molar-refractivity contribution is 7.92. The average molecular weight is 179 g/mol. The van der Waals surface area contributed by atoms with Crippen LogP contribution in [-0.4, -0.2) is 26.0 Å². The summed E-state index contributed by atoms with van der Waals surface area (Å²) in [4.78, 5) is 0. The quantitative estimate of drug-likeness (QED) is 0.670. The lowest BCUT2D eigenvalue weighted by Gasteiger charge is -2.11. The molecule has 0 saturated carbocycles. The van der Waals surface area contributed by atoms with Crippen LogP contribution in [0.1, 0.15) is 26.7 Å². The van der Waals surface area contributed by atoms with E-state index in [0.717, 1.165) is 0 Å². The molecule has 0 aliphatic carbocycles. The summed E-state index contributed by atoms with van der Waals surface area (Å²) in [5.41, 5.74) is 5.32. The number of nitrogens with two attached hydrogens (primary N) is 1. The third-order valence-corrected chi connectivity index (χ3v) is 4.23. The van der Waals surface area contributed by atoms with Crippen molar-refractivity contribution in [2.24, 2.45) is 5.73 Å². The maximum absolute atomic E-state index is 11.3. The van der Waals surface area contributed by atoms with Crippen LogP contribution in [0, 0.1) is 0 Å².